The van der Waals surface area contributed by atoms with Crippen LogP contribution in [-0.4, -0.2) is 30.3 Å². The molecule has 0 radical (unpaired) electrons. The number of aliphatic hydroxyl groups excluding tert-OH is 1. The number of benzene rings is 1. The molecule has 1 aromatic carbocycles. The number of halogens is 3. The van der Waals surface area contributed by atoms with Gasteiger partial charge in [-0.1, -0.05) is 34.8 Å². The number of nitrogens with one attached hydrogen (secondary N) is 1. The highest BCUT2D eigenvalue weighted by Crippen LogP contribution is 2.33. The third-order valence-electron chi connectivity index (χ3n) is 2.45. The summed E-state index contributed by atoms with van der Waals surface area (Å²) < 4.78 is 5.28. The standard InChI is InChI=1S/C13H16Cl3NO3/c1-8(18)3-2-4-17-13(19)7-20-12-6-10(15)9(14)5-11(12)16/h5-6,8,18H,2-4,7H2,1H3,(H,17,19). The maximum Gasteiger partial charge on any atom is 0.257 e. The number of aliphatic hydroxyl groups is 1. The molecule has 112 valence electrons. The minimum absolute atomic E-state index is 0.160. The third-order valence-corrected chi connectivity index (χ3v) is 3.47. The van der Waals surface area contributed by atoms with E-state index < -0.39 is 0 Å². The van der Waals surface area contributed by atoms with Crippen molar-refractivity contribution in [3.05, 3.63) is 27.2 Å². The van der Waals surface area contributed by atoms with E-state index in [1.807, 2.05) is 0 Å². The van der Waals surface area contributed by atoms with Crippen LogP contribution in [0.1, 0.15) is 19.8 Å². The minimum atomic E-state index is -0.363. The number of carbonyl (C=O) groups is 1. The van der Waals surface area contributed by atoms with Gasteiger partial charge < -0.3 is 15.2 Å². The smallest absolute Gasteiger partial charge is 0.257 e. The van der Waals surface area contributed by atoms with Gasteiger partial charge in [0.1, 0.15) is 5.75 Å². The quantitative estimate of drug-likeness (QED) is 0.591. The molecule has 1 rings (SSSR count). The van der Waals surface area contributed by atoms with Crippen LogP contribution in [0.25, 0.3) is 0 Å². The van der Waals surface area contributed by atoms with Crippen LogP contribution in [0.4, 0.5) is 0 Å². The summed E-state index contributed by atoms with van der Waals surface area (Å²) in [5.74, 6) is 0.0397. The van der Waals surface area contributed by atoms with Gasteiger partial charge >= 0.3 is 0 Å². The van der Waals surface area contributed by atoms with E-state index in [0.29, 0.717) is 40.2 Å². The summed E-state index contributed by atoms with van der Waals surface area (Å²) in [6.45, 7) is 2.03. The lowest BCUT2D eigenvalue weighted by Gasteiger charge is -2.10. The molecule has 0 aliphatic rings. The Morgan fingerprint density at radius 3 is 2.60 bits per heavy atom. The van der Waals surface area contributed by atoms with Crippen LogP contribution in [0.5, 0.6) is 5.75 Å². The molecule has 4 nitrogen and oxygen atoms in total. The highest BCUT2D eigenvalue weighted by atomic mass is 35.5. The molecule has 0 aliphatic carbocycles. The zero-order valence-corrected chi connectivity index (χ0v) is 13.2. The van der Waals surface area contributed by atoms with Gasteiger partial charge in [0.25, 0.3) is 5.91 Å². The molecule has 0 aliphatic heterocycles. The lowest BCUT2D eigenvalue weighted by molar-refractivity contribution is -0.123. The van der Waals surface area contributed by atoms with Gasteiger partial charge in [-0.2, -0.15) is 0 Å². The van der Waals surface area contributed by atoms with Crippen molar-refractivity contribution in [2.75, 3.05) is 13.2 Å². The van der Waals surface area contributed by atoms with E-state index in [0.717, 1.165) is 0 Å². The van der Waals surface area contributed by atoms with Gasteiger partial charge in [0.15, 0.2) is 6.61 Å². The molecule has 20 heavy (non-hydrogen) atoms. The van der Waals surface area contributed by atoms with Crippen LogP contribution in [0, 0.1) is 0 Å². The summed E-state index contributed by atoms with van der Waals surface area (Å²) in [4.78, 5) is 11.5. The Morgan fingerprint density at radius 2 is 1.95 bits per heavy atom. The maximum atomic E-state index is 11.5. The number of rotatable bonds is 7. The highest BCUT2D eigenvalue weighted by molar-refractivity contribution is 6.43. The summed E-state index contributed by atoms with van der Waals surface area (Å²) in [5.41, 5.74) is 0. The van der Waals surface area contributed by atoms with Crippen LogP contribution in [0.15, 0.2) is 12.1 Å². The monoisotopic (exact) mass is 339 g/mol. The number of hydrogen-bond acceptors (Lipinski definition) is 3. The van der Waals surface area contributed by atoms with Crippen LogP contribution in [0.2, 0.25) is 15.1 Å². The molecule has 0 bridgehead atoms. The minimum Gasteiger partial charge on any atom is -0.482 e. The molecule has 7 heteroatoms. The van der Waals surface area contributed by atoms with E-state index in [4.69, 9.17) is 44.6 Å². The third kappa shape index (κ3) is 6.18. The predicted octanol–water partition coefficient (Wildman–Crippen LogP) is 3.30. The summed E-state index contributed by atoms with van der Waals surface area (Å²) in [6.07, 6.45) is 0.981. The molecule has 2 N–H and O–H groups in total. The number of carbonyl (C=O) groups excluding carboxylic acids is 1. The average molecular weight is 341 g/mol. The van der Waals surface area contributed by atoms with Crippen molar-refractivity contribution >= 4 is 40.7 Å². The molecule has 0 saturated heterocycles. The number of hydrogen-bond donors (Lipinski definition) is 2. The Hall–Kier alpha value is -0.680. The first kappa shape index (κ1) is 17.4. The molecule has 1 aromatic rings. The van der Waals surface area contributed by atoms with E-state index >= 15 is 0 Å². The molecule has 0 heterocycles. The largest absolute Gasteiger partial charge is 0.482 e. The van der Waals surface area contributed by atoms with E-state index in [2.05, 4.69) is 5.32 Å². The van der Waals surface area contributed by atoms with E-state index in [-0.39, 0.29) is 18.6 Å². The van der Waals surface area contributed by atoms with Gasteiger partial charge in [-0.25, -0.2) is 0 Å². The first-order valence-electron chi connectivity index (χ1n) is 6.12. The van der Waals surface area contributed by atoms with Crippen LogP contribution >= 0.6 is 34.8 Å². The fourth-order valence-electron chi connectivity index (χ4n) is 1.43. The summed E-state index contributed by atoms with van der Waals surface area (Å²) in [7, 11) is 0. The van der Waals surface area contributed by atoms with Gasteiger partial charge in [-0.05, 0) is 25.8 Å². The van der Waals surface area contributed by atoms with E-state index in [9.17, 15) is 4.79 Å². The van der Waals surface area contributed by atoms with Gasteiger partial charge in [-0.3, -0.25) is 4.79 Å². The Bertz CT molecular complexity index is 466. The van der Waals surface area contributed by atoms with Gasteiger partial charge in [-0.15, -0.1) is 0 Å². The Morgan fingerprint density at radius 1 is 1.30 bits per heavy atom. The first-order chi connectivity index (χ1) is 9.40. The molecule has 1 unspecified atom stereocenters. The van der Waals surface area contributed by atoms with Crippen molar-refractivity contribution in [3.63, 3.8) is 0 Å². The second-order valence-corrected chi connectivity index (χ2v) is 5.55. The lowest BCUT2D eigenvalue weighted by atomic mass is 10.2. The molecule has 0 saturated carbocycles. The Labute approximate surface area is 133 Å². The van der Waals surface area contributed by atoms with Crippen molar-refractivity contribution in [2.45, 2.75) is 25.9 Å². The summed E-state index contributed by atoms with van der Waals surface area (Å²) in [5, 5.41) is 12.7. The Balaban J connectivity index is 2.36. The second kappa shape index (κ2) is 8.57. The SMILES string of the molecule is CC(O)CCCNC(=O)COc1cc(Cl)c(Cl)cc1Cl. The Kier molecular flexibility index (Phi) is 7.45. The van der Waals surface area contributed by atoms with Crippen LogP contribution in [0.3, 0.4) is 0 Å². The van der Waals surface area contributed by atoms with Gasteiger partial charge in [0.05, 0.1) is 21.2 Å². The van der Waals surface area contributed by atoms with Crippen molar-refractivity contribution in [3.8, 4) is 5.75 Å². The molecule has 0 fully saturated rings. The van der Waals surface area contributed by atoms with E-state index in [1.165, 1.54) is 12.1 Å². The normalized spacial score (nSPS) is 12.1. The lowest BCUT2D eigenvalue weighted by Crippen LogP contribution is -2.30. The maximum absolute atomic E-state index is 11.5. The second-order valence-electron chi connectivity index (χ2n) is 4.33. The molecule has 0 aromatic heterocycles. The van der Waals surface area contributed by atoms with Crippen LogP contribution < -0.4 is 10.1 Å². The fourth-order valence-corrected chi connectivity index (χ4v) is 2.03. The van der Waals surface area contributed by atoms with Crippen molar-refractivity contribution in [2.24, 2.45) is 0 Å². The van der Waals surface area contributed by atoms with Crippen molar-refractivity contribution in [1.82, 2.24) is 5.32 Å². The van der Waals surface area contributed by atoms with Crippen molar-refractivity contribution < 1.29 is 14.6 Å². The molecule has 1 atom stereocenters. The van der Waals surface area contributed by atoms with E-state index in [1.54, 1.807) is 6.92 Å². The average Bonchev–Trinajstić information content (AvgIpc) is 2.37. The topological polar surface area (TPSA) is 58.6 Å². The fraction of sp³-hybridized carbons (Fsp3) is 0.462. The number of amides is 1. The molecular weight excluding hydrogens is 325 g/mol. The highest BCUT2D eigenvalue weighted by Gasteiger charge is 2.09. The predicted molar refractivity (Wildman–Crippen MR) is 80.9 cm³/mol. The molecular formula is C13H16Cl3NO3. The summed E-state index contributed by atoms with van der Waals surface area (Å²) in [6, 6.07) is 2.92. The molecule has 0 spiro atoms. The van der Waals surface area contributed by atoms with Gasteiger partial charge in [0, 0.05) is 12.6 Å². The van der Waals surface area contributed by atoms with Crippen molar-refractivity contribution in [1.29, 1.82) is 0 Å². The molecule has 1 amide bonds. The summed E-state index contributed by atoms with van der Waals surface area (Å²) >= 11 is 17.5. The zero-order valence-electron chi connectivity index (χ0n) is 11.0. The van der Waals surface area contributed by atoms with Crippen LogP contribution in [-0.2, 0) is 4.79 Å². The number of ether oxygens (including phenoxy) is 1. The van der Waals surface area contributed by atoms with Gasteiger partial charge in [0.2, 0.25) is 0 Å². The first-order valence-corrected chi connectivity index (χ1v) is 7.25. The zero-order chi connectivity index (χ0) is 15.1.